The van der Waals surface area contributed by atoms with E-state index in [0.717, 1.165) is 56.3 Å². The van der Waals surface area contributed by atoms with Crippen molar-refractivity contribution in [2.45, 2.75) is 39.5 Å². The zero-order valence-electron chi connectivity index (χ0n) is 15.4. The highest BCUT2D eigenvalue weighted by Crippen LogP contribution is 2.21. The Morgan fingerprint density at radius 1 is 1.25 bits per heavy atom. The van der Waals surface area contributed by atoms with Crippen LogP contribution in [0.15, 0.2) is 24.3 Å². The zero-order chi connectivity index (χ0) is 17.4. The molecular formula is C20H32N2O2. The number of carbonyl (C=O) groups excluding carboxylic acids is 1. The fourth-order valence-corrected chi connectivity index (χ4v) is 3.07. The van der Waals surface area contributed by atoms with E-state index in [1.54, 1.807) is 0 Å². The molecule has 24 heavy (non-hydrogen) atoms. The fraction of sp³-hybridized carbons (Fsp3) is 0.650. The predicted octanol–water partition coefficient (Wildman–Crippen LogP) is 3.11. The monoisotopic (exact) mass is 332 g/mol. The Hall–Kier alpha value is -1.55. The van der Waals surface area contributed by atoms with Crippen molar-refractivity contribution >= 4 is 5.91 Å². The number of carbonyl (C=O) groups is 1. The summed E-state index contributed by atoms with van der Waals surface area (Å²) in [5.74, 6) is 2.41. The minimum atomic E-state index is 0.248. The molecule has 0 spiro atoms. The van der Waals surface area contributed by atoms with Crippen molar-refractivity contribution in [3.63, 3.8) is 0 Å². The summed E-state index contributed by atoms with van der Waals surface area (Å²) in [6, 6.07) is 7.95. The second kappa shape index (κ2) is 9.67. The molecule has 1 aliphatic heterocycles. The number of hydrogen-bond donors (Lipinski definition) is 1. The molecule has 1 aromatic rings. The number of amides is 1. The lowest BCUT2D eigenvalue weighted by Crippen LogP contribution is -2.39. The molecule has 1 heterocycles. The molecule has 0 radical (unpaired) electrons. The van der Waals surface area contributed by atoms with Crippen molar-refractivity contribution in [3.05, 3.63) is 29.8 Å². The van der Waals surface area contributed by atoms with Crippen LogP contribution < -0.4 is 10.1 Å². The van der Waals surface area contributed by atoms with E-state index in [4.69, 9.17) is 4.74 Å². The highest BCUT2D eigenvalue weighted by molar-refractivity contribution is 5.78. The number of ether oxygens (including phenoxy) is 1. The molecular weight excluding hydrogens is 300 g/mol. The van der Waals surface area contributed by atoms with E-state index >= 15 is 0 Å². The van der Waals surface area contributed by atoms with Crippen LogP contribution in [0.5, 0.6) is 5.75 Å². The van der Waals surface area contributed by atoms with E-state index in [2.05, 4.69) is 19.2 Å². The molecule has 1 amide bonds. The maximum absolute atomic E-state index is 12.5. The van der Waals surface area contributed by atoms with Crippen LogP contribution in [0.3, 0.4) is 0 Å². The second-order valence-corrected chi connectivity index (χ2v) is 7.24. The quantitative estimate of drug-likeness (QED) is 0.795. The Bertz CT molecular complexity index is 491. The first-order valence-electron chi connectivity index (χ1n) is 9.22. The molecule has 4 heteroatoms. The molecule has 0 aliphatic carbocycles. The third kappa shape index (κ3) is 6.16. The highest BCUT2D eigenvalue weighted by Gasteiger charge is 2.22. The summed E-state index contributed by atoms with van der Waals surface area (Å²) < 4.78 is 5.69. The van der Waals surface area contributed by atoms with Crippen molar-refractivity contribution in [3.8, 4) is 5.75 Å². The Labute approximate surface area is 146 Å². The molecule has 134 valence electrons. The molecule has 1 aromatic carbocycles. The van der Waals surface area contributed by atoms with Gasteiger partial charge in [0, 0.05) is 13.1 Å². The Kier molecular flexibility index (Phi) is 7.57. The van der Waals surface area contributed by atoms with Gasteiger partial charge in [-0.1, -0.05) is 26.0 Å². The van der Waals surface area contributed by atoms with E-state index in [-0.39, 0.29) is 5.91 Å². The highest BCUT2D eigenvalue weighted by atomic mass is 16.5. The summed E-state index contributed by atoms with van der Waals surface area (Å²) in [7, 11) is 2.00. The van der Waals surface area contributed by atoms with Crippen LogP contribution in [-0.2, 0) is 11.2 Å². The summed E-state index contributed by atoms with van der Waals surface area (Å²) in [4.78, 5) is 14.5. The van der Waals surface area contributed by atoms with Gasteiger partial charge in [-0.15, -0.1) is 0 Å². The Balaban J connectivity index is 1.76. The van der Waals surface area contributed by atoms with Gasteiger partial charge in [0.15, 0.2) is 0 Å². The third-order valence-electron chi connectivity index (χ3n) is 4.63. The lowest BCUT2D eigenvalue weighted by Gasteiger charge is -2.32. The number of rotatable bonds is 8. The van der Waals surface area contributed by atoms with Gasteiger partial charge in [0.05, 0.1) is 13.0 Å². The Morgan fingerprint density at radius 3 is 2.50 bits per heavy atom. The third-order valence-corrected chi connectivity index (χ3v) is 4.63. The van der Waals surface area contributed by atoms with Gasteiger partial charge < -0.3 is 15.0 Å². The predicted molar refractivity (Wildman–Crippen MR) is 98.3 cm³/mol. The molecule has 2 rings (SSSR count). The number of nitrogens with zero attached hydrogens (tertiary/aromatic N) is 1. The van der Waals surface area contributed by atoms with Crippen LogP contribution in [-0.4, -0.2) is 44.1 Å². The normalized spacial score (nSPS) is 15.8. The van der Waals surface area contributed by atoms with Gasteiger partial charge in [0.25, 0.3) is 0 Å². The van der Waals surface area contributed by atoms with E-state index in [1.807, 2.05) is 36.2 Å². The van der Waals surface area contributed by atoms with E-state index < -0.39 is 0 Å². The van der Waals surface area contributed by atoms with Crippen molar-refractivity contribution in [2.75, 3.05) is 33.3 Å². The first-order valence-corrected chi connectivity index (χ1v) is 9.22. The van der Waals surface area contributed by atoms with E-state index in [0.29, 0.717) is 12.3 Å². The van der Waals surface area contributed by atoms with Crippen molar-refractivity contribution in [1.82, 2.24) is 10.2 Å². The molecule has 0 aromatic heterocycles. The number of hydrogen-bond acceptors (Lipinski definition) is 3. The largest absolute Gasteiger partial charge is 0.493 e. The van der Waals surface area contributed by atoms with Gasteiger partial charge in [0.1, 0.15) is 5.75 Å². The molecule has 0 atom stereocenters. The number of likely N-dealkylation sites (tertiary alicyclic amines) is 1. The number of benzene rings is 1. The molecule has 0 saturated carbocycles. The van der Waals surface area contributed by atoms with Crippen LogP contribution >= 0.6 is 0 Å². The first-order chi connectivity index (χ1) is 11.6. The summed E-state index contributed by atoms with van der Waals surface area (Å²) in [5.41, 5.74) is 1.06. The SMILES string of the molecule is CNCCC1CCN(C(=O)Cc2ccc(OCC(C)C)cc2)CC1. The average Bonchev–Trinajstić information content (AvgIpc) is 2.59. The molecule has 1 saturated heterocycles. The summed E-state index contributed by atoms with van der Waals surface area (Å²) in [6.45, 7) is 7.88. The molecule has 1 N–H and O–H groups in total. The second-order valence-electron chi connectivity index (χ2n) is 7.24. The van der Waals surface area contributed by atoms with Crippen LogP contribution in [0, 0.1) is 11.8 Å². The van der Waals surface area contributed by atoms with Crippen molar-refractivity contribution < 1.29 is 9.53 Å². The van der Waals surface area contributed by atoms with Crippen LogP contribution in [0.2, 0.25) is 0 Å². The van der Waals surface area contributed by atoms with Gasteiger partial charge >= 0.3 is 0 Å². The number of piperidine rings is 1. The Morgan fingerprint density at radius 2 is 1.92 bits per heavy atom. The van der Waals surface area contributed by atoms with Crippen LogP contribution in [0.25, 0.3) is 0 Å². The molecule has 0 unspecified atom stereocenters. The lowest BCUT2D eigenvalue weighted by atomic mass is 9.93. The van der Waals surface area contributed by atoms with Crippen LogP contribution in [0.4, 0.5) is 0 Å². The molecule has 0 bridgehead atoms. The standard InChI is InChI=1S/C20H32N2O2/c1-16(2)15-24-19-6-4-18(5-7-19)14-20(23)22-12-9-17(10-13-22)8-11-21-3/h4-7,16-17,21H,8-15H2,1-3H3. The van der Waals surface area contributed by atoms with Gasteiger partial charge in [-0.3, -0.25) is 4.79 Å². The minimum Gasteiger partial charge on any atom is -0.493 e. The minimum absolute atomic E-state index is 0.248. The van der Waals surface area contributed by atoms with Gasteiger partial charge in [0.2, 0.25) is 5.91 Å². The average molecular weight is 332 g/mol. The lowest BCUT2D eigenvalue weighted by molar-refractivity contribution is -0.131. The molecule has 4 nitrogen and oxygen atoms in total. The smallest absolute Gasteiger partial charge is 0.226 e. The van der Waals surface area contributed by atoms with Crippen LogP contribution in [0.1, 0.15) is 38.7 Å². The first kappa shape index (κ1) is 18.8. The molecule has 1 fully saturated rings. The fourth-order valence-electron chi connectivity index (χ4n) is 3.07. The van der Waals surface area contributed by atoms with E-state index in [9.17, 15) is 4.79 Å². The van der Waals surface area contributed by atoms with Gasteiger partial charge in [-0.2, -0.15) is 0 Å². The van der Waals surface area contributed by atoms with Gasteiger partial charge in [-0.25, -0.2) is 0 Å². The van der Waals surface area contributed by atoms with Crippen molar-refractivity contribution in [1.29, 1.82) is 0 Å². The van der Waals surface area contributed by atoms with E-state index in [1.165, 1.54) is 6.42 Å². The molecule has 1 aliphatic rings. The number of nitrogens with one attached hydrogen (secondary N) is 1. The summed E-state index contributed by atoms with van der Waals surface area (Å²) >= 11 is 0. The maximum Gasteiger partial charge on any atom is 0.226 e. The maximum atomic E-state index is 12.5. The topological polar surface area (TPSA) is 41.6 Å². The zero-order valence-corrected chi connectivity index (χ0v) is 15.4. The van der Waals surface area contributed by atoms with Gasteiger partial charge in [-0.05, 0) is 62.4 Å². The summed E-state index contributed by atoms with van der Waals surface area (Å²) in [6.07, 6.45) is 3.98. The van der Waals surface area contributed by atoms with Crippen molar-refractivity contribution in [2.24, 2.45) is 11.8 Å². The summed E-state index contributed by atoms with van der Waals surface area (Å²) in [5, 5.41) is 3.21.